The predicted molar refractivity (Wildman–Crippen MR) is 282 cm³/mol. The number of ether oxygens (including phenoxy) is 10. The predicted octanol–water partition coefficient (Wildman–Crippen LogP) is -5.38. The van der Waals surface area contributed by atoms with Crippen LogP contribution in [0.4, 0.5) is 0 Å². The Labute approximate surface area is 491 Å². The lowest BCUT2D eigenvalue weighted by Gasteiger charge is -2.72. The molecule has 0 spiro atoms. The molecule has 28 heteroatoms. The summed E-state index contributed by atoms with van der Waals surface area (Å²) >= 11 is 0. The molecule has 5 saturated heterocycles. The topological polar surface area (TPSA) is 453 Å². The normalized spacial score (nSPS) is 54.0. The molecule has 4 saturated carbocycles. The van der Waals surface area contributed by atoms with E-state index in [-0.39, 0.29) is 30.6 Å². The standard InChI is InChI=1S/C57H92O28/c1-23-40(81-45-39(72)41(28(64)18-76-45)82-49-43(73)56(75,21-61)22-78-49)36(69)38(71)46(79-23)83-42-33(66)27(63)17-77-48(42)85-50(74)57-12-11-51(2,3)13-25(57)24-7-8-30-52(4)14-26(62)44(84-47-37(70)35(68)34(67)29(16-58)80-47)55(19-59,20-60)31(52)9-10-53(30,5)54(24,6)15-32(57)65/h7,23,25-49,58-73,75H,8-22H2,1-6H3. The van der Waals surface area contributed by atoms with E-state index in [0.717, 1.165) is 5.57 Å². The maximum Gasteiger partial charge on any atom is 0.317 e. The smallest absolute Gasteiger partial charge is 0.317 e. The van der Waals surface area contributed by atoms with Crippen LogP contribution in [0.5, 0.6) is 0 Å². The molecule has 0 aromatic carbocycles. The highest BCUT2D eigenvalue weighted by Crippen LogP contribution is 2.76. The van der Waals surface area contributed by atoms with Crippen molar-refractivity contribution in [1.29, 1.82) is 0 Å². The zero-order chi connectivity index (χ0) is 62.1. The molecule has 10 rings (SSSR count). The van der Waals surface area contributed by atoms with E-state index in [2.05, 4.69) is 33.8 Å². The molecule has 0 bridgehead atoms. The van der Waals surface area contributed by atoms with Crippen LogP contribution in [-0.2, 0) is 52.2 Å². The number of carbonyl (C=O) groups is 1. The molecule has 10 aliphatic rings. The van der Waals surface area contributed by atoms with Gasteiger partial charge in [-0.3, -0.25) is 4.79 Å². The van der Waals surface area contributed by atoms with Gasteiger partial charge in [-0.25, -0.2) is 0 Å². The summed E-state index contributed by atoms with van der Waals surface area (Å²) in [7, 11) is 0. The van der Waals surface area contributed by atoms with E-state index in [9.17, 15) is 86.8 Å². The van der Waals surface area contributed by atoms with Crippen LogP contribution < -0.4 is 0 Å². The van der Waals surface area contributed by atoms with Gasteiger partial charge in [-0.15, -0.1) is 0 Å². The van der Waals surface area contributed by atoms with Crippen LogP contribution in [0.1, 0.15) is 92.9 Å². The summed E-state index contributed by atoms with van der Waals surface area (Å²) < 4.78 is 58.5. The van der Waals surface area contributed by atoms with Crippen LogP contribution in [0.2, 0.25) is 0 Å². The number of hydrogen-bond donors (Lipinski definition) is 17. The first-order valence-electron chi connectivity index (χ1n) is 29.9. The minimum Gasteiger partial charge on any atom is -0.432 e. The average molecular weight is 1230 g/mol. The molecule has 0 aromatic rings. The number of esters is 1. The maximum atomic E-state index is 15.4. The van der Waals surface area contributed by atoms with Gasteiger partial charge in [-0.2, -0.15) is 0 Å². The molecule has 31 unspecified atom stereocenters. The average Bonchev–Trinajstić information content (AvgIpc) is 0.951. The molecule has 5 aliphatic carbocycles. The van der Waals surface area contributed by atoms with E-state index in [1.54, 1.807) is 0 Å². The highest BCUT2D eigenvalue weighted by Gasteiger charge is 2.74. The van der Waals surface area contributed by atoms with Gasteiger partial charge in [-0.05, 0) is 97.7 Å². The van der Waals surface area contributed by atoms with E-state index in [0.29, 0.717) is 32.1 Å². The first-order chi connectivity index (χ1) is 39.9. The van der Waals surface area contributed by atoms with Gasteiger partial charge in [0.05, 0.1) is 70.7 Å². The summed E-state index contributed by atoms with van der Waals surface area (Å²) in [4.78, 5) is 15.4. The van der Waals surface area contributed by atoms with E-state index in [1.807, 2.05) is 6.92 Å². The first kappa shape index (κ1) is 66.1. The van der Waals surface area contributed by atoms with Crippen molar-refractivity contribution in [3.05, 3.63) is 11.6 Å². The minimum atomic E-state index is -2.08. The Hall–Kier alpha value is -1.83. The van der Waals surface area contributed by atoms with Crippen molar-refractivity contribution in [3.63, 3.8) is 0 Å². The Morgan fingerprint density at radius 2 is 1.24 bits per heavy atom. The van der Waals surface area contributed by atoms with Crippen LogP contribution in [0.25, 0.3) is 0 Å². The van der Waals surface area contributed by atoms with Gasteiger partial charge in [0.2, 0.25) is 6.29 Å². The van der Waals surface area contributed by atoms with Gasteiger partial charge in [0, 0.05) is 5.41 Å². The molecule has 17 N–H and O–H groups in total. The molecule has 0 aromatic heterocycles. The quantitative estimate of drug-likeness (QED) is 0.0439. The first-order valence-corrected chi connectivity index (χ1v) is 29.9. The second kappa shape index (κ2) is 24.0. The van der Waals surface area contributed by atoms with Crippen LogP contribution in [-0.4, -0.2) is 286 Å². The number of aliphatic hydroxyl groups is 17. The molecule has 5 aliphatic heterocycles. The Morgan fingerprint density at radius 1 is 0.600 bits per heavy atom. The third-order valence-electron chi connectivity index (χ3n) is 22.6. The number of allylic oxidation sites excluding steroid dienone is 2. The van der Waals surface area contributed by atoms with Crippen molar-refractivity contribution in [2.45, 2.75) is 240 Å². The van der Waals surface area contributed by atoms with Gasteiger partial charge in [0.25, 0.3) is 0 Å². The lowest BCUT2D eigenvalue weighted by atomic mass is 9.33. The van der Waals surface area contributed by atoms with Gasteiger partial charge in [0.15, 0.2) is 31.3 Å². The van der Waals surface area contributed by atoms with Crippen molar-refractivity contribution in [2.24, 2.45) is 50.2 Å². The molecule has 85 heavy (non-hydrogen) atoms. The second-order valence-corrected chi connectivity index (χ2v) is 27.9. The van der Waals surface area contributed by atoms with E-state index < -0.39 is 238 Å². The zero-order valence-electron chi connectivity index (χ0n) is 48.8. The molecule has 28 nitrogen and oxygen atoms in total. The highest BCUT2D eigenvalue weighted by atomic mass is 16.8. The Balaban J connectivity index is 0.864. The summed E-state index contributed by atoms with van der Waals surface area (Å²) in [5.74, 6) is -2.25. The molecular formula is C57H92O28. The summed E-state index contributed by atoms with van der Waals surface area (Å²) in [6, 6.07) is 0. The second-order valence-electron chi connectivity index (χ2n) is 27.9. The number of rotatable bonds is 14. The van der Waals surface area contributed by atoms with Crippen molar-refractivity contribution >= 4 is 5.97 Å². The van der Waals surface area contributed by atoms with Crippen molar-refractivity contribution < 1.29 is 139 Å². The lowest BCUT2D eigenvalue weighted by Crippen LogP contribution is -2.71. The Morgan fingerprint density at radius 3 is 1.89 bits per heavy atom. The third kappa shape index (κ3) is 10.6. The Kier molecular flexibility index (Phi) is 18.7. The molecule has 5 heterocycles. The van der Waals surface area contributed by atoms with Crippen LogP contribution in [0.3, 0.4) is 0 Å². The van der Waals surface area contributed by atoms with Crippen LogP contribution >= 0.6 is 0 Å². The molecule has 0 radical (unpaired) electrons. The lowest BCUT2D eigenvalue weighted by molar-refractivity contribution is -0.372. The van der Waals surface area contributed by atoms with Crippen molar-refractivity contribution in [1.82, 2.24) is 0 Å². The maximum absolute atomic E-state index is 15.4. The number of fused-ring (bicyclic) bond motifs is 7. The molecule has 0 amide bonds. The van der Waals surface area contributed by atoms with Gasteiger partial charge in [-0.1, -0.05) is 46.3 Å². The summed E-state index contributed by atoms with van der Waals surface area (Å²) in [6.07, 6.45) is -32.8. The van der Waals surface area contributed by atoms with Gasteiger partial charge in [0.1, 0.15) is 90.4 Å². The minimum absolute atomic E-state index is 0.0767. The van der Waals surface area contributed by atoms with E-state index >= 15 is 4.79 Å². The summed E-state index contributed by atoms with van der Waals surface area (Å²) in [5, 5.41) is 188. The Bertz CT molecular complexity index is 2380. The third-order valence-corrected chi connectivity index (χ3v) is 22.6. The van der Waals surface area contributed by atoms with Gasteiger partial charge < -0.3 is 134 Å². The molecule has 31 atom stereocenters. The van der Waals surface area contributed by atoms with Crippen molar-refractivity contribution in [3.8, 4) is 0 Å². The number of hydrogen-bond acceptors (Lipinski definition) is 28. The molecular weight excluding hydrogens is 1130 g/mol. The largest absolute Gasteiger partial charge is 0.432 e. The monoisotopic (exact) mass is 1220 g/mol. The van der Waals surface area contributed by atoms with Crippen LogP contribution in [0, 0.1) is 50.2 Å². The van der Waals surface area contributed by atoms with Crippen LogP contribution in [0.15, 0.2) is 11.6 Å². The molecule has 488 valence electrons. The van der Waals surface area contributed by atoms with E-state index in [4.69, 9.17) is 47.4 Å². The molecule has 9 fully saturated rings. The van der Waals surface area contributed by atoms with Crippen molar-refractivity contribution in [2.75, 3.05) is 46.2 Å². The highest BCUT2D eigenvalue weighted by molar-refractivity contribution is 5.80. The number of aliphatic hydroxyl groups excluding tert-OH is 16. The number of carbonyl (C=O) groups excluding carboxylic acids is 1. The fourth-order valence-electron chi connectivity index (χ4n) is 17.4. The van der Waals surface area contributed by atoms with E-state index in [1.165, 1.54) is 6.92 Å². The fraction of sp³-hybridized carbons (Fsp3) is 0.947. The van der Waals surface area contributed by atoms with Gasteiger partial charge >= 0.3 is 5.97 Å². The fourth-order valence-corrected chi connectivity index (χ4v) is 17.4. The summed E-state index contributed by atoms with van der Waals surface area (Å²) in [6.45, 7) is 7.41. The SMILES string of the molecule is CC1OC(OC2C(OC(=O)C34CCC(C)(C)CC3C3=CCC5C6(C)CC(O)C(OC7OC(CO)C(O)C(O)C7O)C(CO)(CO)C6CCC5(C)C3(C)CC4O)OCC(O)C2O)C(O)C(O)C1OC1OCC(O)C(OC2OCC(O)(CO)C2O)C1O. The zero-order valence-corrected chi connectivity index (χ0v) is 48.8. The summed E-state index contributed by atoms with van der Waals surface area (Å²) in [5.41, 5.74) is -6.87.